The Morgan fingerprint density at radius 1 is 1.43 bits per heavy atom. The van der Waals surface area contributed by atoms with E-state index in [4.69, 9.17) is 31.5 Å². The van der Waals surface area contributed by atoms with Crippen molar-refractivity contribution in [3.05, 3.63) is 22.7 Å². The molecule has 1 aromatic carbocycles. The molecule has 0 atom stereocenters. The molecule has 3 N–H and O–H groups in total. The van der Waals surface area contributed by atoms with Crippen LogP contribution in [0.25, 0.3) is 0 Å². The monoisotopic (exact) mass is 216 g/mol. The lowest BCUT2D eigenvalue weighted by atomic mass is 9.78. The number of rotatable bonds is 3. The van der Waals surface area contributed by atoms with E-state index in [0.717, 1.165) is 0 Å². The van der Waals surface area contributed by atoms with Crippen molar-refractivity contribution >= 4 is 24.2 Å². The summed E-state index contributed by atoms with van der Waals surface area (Å²) in [4.78, 5) is 0. The fourth-order valence-electron chi connectivity index (χ4n) is 1.17. The first-order chi connectivity index (χ1) is 6.60. The molecule has 0 bridgehead atoms. The van der Waals surface area contributed by atoms with E-state index in [0.29, 0.717) is 5.56 Å². The first-order valence-electron chi connectivity index (χ1n) is 3.93. The Bertz CT molecular complexity index is 329. The van der Waals surface area contributed by atoms with Gasteiger partial charge in [-0.25, -0.2) is 0 Å². The third-order valence-corrected chi connectivity index (χ3v) is 2.08. The topological polar surface area (TPSA) is 69.9 Å². The molecule has 0 saturated carbocycles. The molecule has 0 unspecified atom stereocenters. The lowest BCUT2D eigenvalue weighted by molar-refractivity contribution is 0.281. The molecule has 1 rings (SSSR count). The SMILES string of the molecule is COc1c(Cl)cc(CO)cc1B(O)O. The van der Waals surface area contributed by atoms with Crippen molar-refractivity contribution < 1.29 is 19.9 Å². The van der Waals surface area contributed by atoms with Gasteiger partial charge in [-0.15, -0.1) is 0 Å². The molecule has 76 valence electrons. The summed E-state index contributed by atoms with van der Waals surface area (Å²) < 4.78 is 4.90. The number of hydrogen-bond acceptors (Lipinski definition) is 4. The molecule has 0 amide bonds. The molecule has 0 spiro atoms. The summed E-state index contributed by atoms with van der Waals surface area (Å²) in [5.41, 5.74) is 0.642. The van der Waals surface area contributed by atoms with Gasteiger partial charge in [0.05, 0.1) is 18.7 Å². The second-order valence-corrected chi connectivity index (χ2v) is 3.14. The average Bonchev–Trinajstić information content (AvgIpc) is 2.16. The molecule has 0 radical (unpaired) electrons. The predicted octanol–water partition coefficient (Wildman–Crippen LogP) is -0.479. The lowest BCUT2D eigenvalue weighted by Crippen LogP contribution is -2.31. The number of hydrogen-bond donors (Lipinski definition) is 3. The van der Waals surface area contributed by atoms with E-state index in [1.807, 2.05) is 0 Å². The van der Waals surface area contributed by atoms with Gasteiger partial charge in [0.2, 0.25) is 0 Å². The Balaban J connectivity index is 3.28. The first-order valence-corrected chi connectivity index (χ1v) is 4.31. The Morgan fingerprint density at radius 2 is 2.07 bits per heavy atom. The highest BCUT2D eigenvalue weighted by Crippen LogP contribution is 2.23. The molecule has 1 aromatic rings. The molecule has 0 aliphatic carbocycles. The smallest absolute Gasteiger partial charge is 0.492 e. The molecule has 0 aromatic heterocycles. The number of benzene rings is 1. The molecule has 14 heavy (non-hydrogen) atoms. The predicted molar refractivity (Wildman–Crippen MR) is 53.8 cm³/mol. The molecule has 4 nitrogen and oxygen atoms in total. The Hall–Kier alpha value is -0.745. The maximum atomic E-state index is 9.02. The molecule has 0 saturated heterocycles. The summed E-state index contributed by atoms with van der Waals surface area (Å²) in [5, 5.41) is 27.1. The average molecular weight is 216 g/mol. The van der Waals surface area contributed by atoms with Crippen LogP contribution in [0, 0.1) is 0 Å². The van der Waals surface area contributed by atoms with E-state index in [2.05, 4.69) is 0 Å². The quantitative estimate of drug-likeness (QED) is 0.597. The molecule has 0 aliphatic rings. The van der Waals surface area contributed by atoms with E-state index >= 15 is 0 Å². The van der Waals surface area contributed by atoms with Gasteiger partial charge in [-0.05, 0) is 11.6 Å². The van der Waals surface area contributed by atoms with Gasteiger partial charge in [0.15, 0.2) is 0 Å². The van der Waals surface area contributed by atoms with E-state index in [9.17, 15) is 0 Å². The van der Waals surface area contributed by atoms with Crippen LogP contribution >= 0.6 is 11.6 Å². The van der Waals surface area contributed by atoms with Crippen LogP contribution in [0.1, 0.15) is 5.56 Å². The van der Waals surface area contributed by atoms with Crippen molar-refractivity contribution in [3.8, 4) is 5.75 Å². The Labute approximate surface area is 86.9 Å². The normalized spacial score (nSPS) is 10.1. The molecular formula is C8H10BClO4. The van der Waals surface area contributed by atoms with Gasteiger partial charge in [-0.2, -0.15) is 0 Å². The van der Waals surface area contributed by atoms with Crippen molar-refractivity contribution in [3.63, 3.8) is 0 Å². The Kier molecular flexibility index (Phi) is 3.77. The molecular weight excluding hydrogens is 206 g/mol. The van der Waals surface area contributed by atoms with E-state index in [-0.39, 0.29) is 22.8 Å². The highest BCUT2D eigenvalue weighted by molar-refractivity contribution is 6.60. The Morgan fingerprint density at radius 3 is 2.50 bits per heavy atom. The fraction of sp³-hybridized carbons (Fsp3) is 0.250. The summed E-state index contributed by atoms with van der Waals surface area (Å²) >= 11 is 5.80. The summed E-state index contributed by atoms with van der Waals surface area (Å²) in [6, 6.07) is 2.93. The van der Waals surface area contributed by atoms with Crippen LogP contribution in [-0.2, 0) is 6.61 Å². The third-order valence-electron chi connectivity index (χ3n) is 1.80. The third kappa shape index (κ3) is 2.19. The van der Waals surface area contributed by atoms with E-state index < -0.39 is 7.12 Å². The minimum Gasteiger partial charge on any atom is -0.496 e. The van der Waals surface area contributed by atoms with Crippen LogP contribution in [0.15, 0.2) is 12.1 Å². The molecule has 0 fully saturated rings. The van der Waals surface area contributed by atoms with Crippen molar-refractivity contribution in [1.29, 1.82) is 0 Å². The lowest BCUT2D eigenvalue weighted by Gasteiger charge is -2.11. The van der Waals surface area contributed by atoms with Crippen LogP contribution < -0.4 is 10.2 Å². The van der Waals surface area contributed by atoms with Crippen LogP contribution in [0.5, 0.6) is 5.75 Å². The number of ether oxygens (including phenoxy) is 1. The number of aliphatic hydroxyl groups is 1. The molecule has 6 heteroatoms. The highest BCUT2D eigenvalue weighted by atomic mass is 35.5. The highest BCUT2D eigenvalue weighted by Gasteiger charge is 2.20. The first kappa shape index (κ1) is 11.3. The minimum atomic E-state index is -1.67. The van der Waals surface area contributed by atoms with Crippen molar-refractivity contribution in [2.24, 2.45) is 0 Å². The zero-order valence-electron chi connectivity index (χ0n) is 7.57. The molecule has 0 aliphatic heterocycles. The van der Waals surface area contributed by atoms with Crippen molar-refractivity contribution in [2.75, 3.05) is 7.11 Å². The summed E-state index contributed by atoms with van der Waals surface area (Å²) in [5.74, 6) is 0.207. The second-order valence-electron chi connectivity index (χ2n) is 2.73. The maximum Gasteiger partial charge on any atom is 0.492 e. The van der Waals surface area contributed by atoms with Gasteiger partial charge < -0.3 is 19.9 Å². The van der Waals surface area contributed by atoms with Gasteiger partial charge in [0.1, 0.15) is 5.75 Å². The number of halogens is 1. The van der Waals surface area contributed by atoms with E-state index in [1.165, 1.54) is 19.2 Å². The van der Waals surface area contributed by atoms with E-state index in [1.54, 1.807) is 0 Å². The van der Waals surface area contributed by atoms with Gasteiger partial charge in [-0.1, -0.05) is 17.7 Å². The van der Waals surface area contributed by atoms with Gasteiger partial charge in [-0.3, -0.25) is 0 Å². The van der Waals surface area contributed by atoms with Crippen LogP contribution in [0.4, 0.5) is 0 Å². The summed E-state index contributed by atoms with van der Waals surface area (Å²) in [6.45, 7) is -0.219. The molecule has 0 heterocycles. The van der Waals surface area contributed by atoms with Gasteiger partial charge in [0, 0.05) is 5.46 Å². The summed E-state index contributed by atoms with van der Waals surface area (Å²) in [7, 11) is -0.292. The van der Waals surface area contributed by atoms with Crippen LogP contribution in [0.2, 0.25) is 5.02 Å². The number of aliphatic hydroxyl groups excluding tert-OH is 1. The minimum absolute atomic E-state index is 0.143. The fourth-order valence-corrected chi connectivity index (χ4v) is 1.50. The van der Waals surface area contributed by atoms with Crippen LogP contribution in [-0.4, -0.2) is 29.4 Å². The summed E-state index contributed by atoms with van der Waals surface area (Å²) in [6.07, 6.45) is 0. The van der Waals surface area contributed by atoms with Crippen molar-refractivity contribution in [2.45, 2.75) is 6.61 Å². The van der Waals surface area contributed by atoms with Gasteiger partial charge in [0.25, 0.3) is 0 Å². The zero-order chi connectivity index (χ0) is 10.7. The second kappa shape index (κ2) is 4.66. The maximum absolute atomic E-state index is 9.02. The number of methoxy groups -OCH3 is 1. The largest absolute Gasteiger partial charge is 0.496 e. The van der Waals surface area contributed by atoms with Gasteiger partial charge >= 0.3 is 7.12 Å². The zero-order valence-corrected chi connectivity index (χ0v) is 8.32. The van der Waals surface area contributed by atoms with Crippen molar-refractivity contribution in [1.82, 2.24) is 0 Å². The van der Waals surface area contributed by atoms with Crippen LogP contribution in [0.3, 0.4) is 0 Å². The standard InChI is InChI=1S/C8H10BClO4/c1-14-8-6(9(12)13)2-5(4-11)3-7(8)10/h2-3,11-13H,4H2,1H3.